The number of hydrogen-bond acceptors (Lipinski definition) is 6. The highest BCUT2D eigenvalue weighted by atomic mass is 32.2. The molecule has 0 spiro atoms. The normalized spacial score (nSPS) is 10.5. The van der Waals surface area contributed by atoms with E-state index in [9.17, 15) is 4.79 Å². The summed E-state index contributed by atoms with van der Waals surface area (Å²) in [4.78, 5) is 16.0. The van der Waals surface area contributed by atoms with Gasteiger partial charge in [0.25, 0.3) is 0 Å². The molecule has 2 heterocycles. The Bertz CT molecular complexity index is 832. The molecule has 24 heavy (non-hydrogen) atoms. The number of aryl methyl sites for hydroxylation is 1. The van der Waals surface area contributed by atoms with Crippen LogP contribution < -0.4 is 11.2 Å². The Morgan fingerprint density at radius 1 is 1.25 bits per heavy atom. The minimum Gasteiger partial charge on any atom is -0.335 e. The van der Waals surface area contributed by atoms with E-state index in [4.69, 9.17) is 5.84 Å². The lowest BCUT2D eigenvalue weighted by Crippen LogP contribution is -2.16. The summed E-state index contributed by atoms with van der Waals surface area (Å²) >= 11 is 1.22. The standard InChI is InChI=1S/C16H16N6OS/c1-11-4-6-13(7-5-11)19-14(23)10-24-16-21-20-15(22(16)17)12-3-2-8-18-9-12/h2-9H,10,17H2,1H3,(H,19,23). The van der Waals surface area contributed by atoms with Crippen molar-refractivity contribution in [1.29, 1.82) is 0 Å². The lowest BCUT2D eigenvalue weighted by atomic mass is 10.2. The third-order valence-electron chi connectivity index (χ3n) is 3.25. The van der Waals surface area contributed by atoms with Gasteiger partial charge in [-0.15, -0.1) is 10.2 Å². The van der Waals surface area contributed by atoms with E-state index >= 15 is 0 Å². The van der Waals surface area contributed by atoms with Crippen molar-refractivity contribution in [3.05, 3.63) is 54.4 Å². The van der Waals surface area contributed by atoms with Crippen molar-refractivity contribution in [1.82, 2.24) is 19.9 Å². The maximum Gasteiger partial charge on any atom is 0.234 e. The molecule has 0 aliphatic heterocycles. The van der Waals surface area contributed by atoms with Gasteiger partial charge in [0.15, 0.2) is 5.82 Å². The second-order valence-corrected chi connectivity index (χ2v) is 6.06. The van der Waals surface area contributed by atoms with Crippen LogP contribution in [0.2, 0.25) is 0 Å². The molecule has 8 heteroatoms. The Morgan fingerprint density at radius 3 is 2.75 bits per heavy atom. The molecule has 7 nitrogen and oxygen atoms in total. The zero-order valence-corrected chi connectivity index (χ0v) is 13.8. The number of aromatic nitrogens is 4. The molecule has 122 valence electrons. The van der Waals surface area contributed by atoms with Crippen LogP contribution in [0.25, 0.3) is 11.4 Å². The highest BCUT2D eigenvalue weighted by molar-refractivity contribution is 7.99. The van der Waals surface area contributed by atoms with Gasteiger partial charge in [-0.3, -0.25) is 9.78 Å². The molecule has 0 atom stereocenters. The summed E-state index contributed by atoms with van der Waals surface area (Å²) in [6.07, 6.45) is 3.33. The Balaban J connectivity index is 1.62. The van der Waals surface area contributed by atoms with Gasteiger partial charge in [-0.1, -0.05) is 29.5 Å². The Hall–Kier alpha value is -2.87. The maximum absolute atomic E-state index is 12.0. The van der Waals surface area contributed by atoms with Crippen molar-refractivity contribution in [2.75, 3.05) is 16.9 Å². The van der Waals surface area contributed by atoms with E-state index in [0.717, 1.165) is 16.8 Å². The van der Waals surface area contributed by atoms with Gasteiger partial charge >= 0.3 is 0 Å². The van der Waals surface area contributed by atoms with Gasteiger partial charge in [0.2, 0.25) is 11.1 Å². The lowest BCUT2D eigenvalue weighted by Gasteiger charge is -2.05. The monoisotopic (exact) mass is 340 g/mol. The molecule has 0 bridgehead atoms. The number of hydrogen-bond donors (Lipinski definition) is 2. The van der Waals surface area contributed by atoms with Crippen LogP contribution in [0, 0.1) is 6.92 Å². The second kappa shape index (κ2) is 7.14. The smallest absolute Gasteiger partial charge is 0.234 e. The molecule has 0 aliphatic carbocycles. The van der Waals surface area contributed by atoms with Crippen LogP contribution in [0.15, 0.2) is 53.9 Å². The van der Waals surface area contributed by atoms with E-state index < -0.39 is 0 Å². The summed E-state index contributed by atoms with van der Waals surface area (Å²) in [5, 5.41) is 11.4. The summed E-state index contributed by atoms with van der Waals surface area (Å²) in [6.45, 7) is 2.00. The predicted octanol–water partition coefficient (Wildman–Crippen LogP) is 2.09. The Kier molecular flexibility index (Phi) is 4.76. The number of nitrogens with two attached hydrogens (primary N) is 1. The zero-order valence-electron chi connectivity index (χ0n) is 13.0. The number of nitrogens with zero attached hydrogens (tertiary/aromatic N) is 4. The number of rotatable bonds is 5. The third kappa shape index (κ3) is 3.72. The minimum absolute atomic E-state index is 0.130. The molecular formula is C16H16N6OS. The first-order valence-electron chi connectivity index (χ1n) is 7.23. The summed E-state index contributed by atoms with van der Waals surface area (Å²) in [5.41, 5.74) is 2.67. The Morgan fingerprint density at radius 2 is 2.04 bits per heavy atom. The molecule has 0 unspecified atom stereocenters. The molecule has 0 radical (unpaired) electrons. The number of carbonyl (C=O) groups excluding carboxylic acids is 1. The van der Waals surface area contributed by atoms with E-state index in [-0.39, 0.29) is 11.7 Å². The van der Waals surface area contributed by atoms with Crippen molar-refractivity contribution in [3.8, 4) is 11.4 Å². The van der Waals surface area contributed by atoms with Crippen LogP contribution in [0.3, 0.4) is 0 Å². The summed E-state index contributed by atoms with van der Waals surface area (Å²) in [6, 6.07) is 11.3. The van der Waals surface area contributed by atoms with E-state index in [1.165, 1.54) is 16.4 Å². The van der Waals surface area contributed by atoms with Gasteiger partial charge in [-0.25, -0.2) is 4.68 Å². The Labute approximate surface area is 143 Å². The molecule has 1 amide bonds. The molecule has 0 saturated carbocycles. The van der Waals surface area contributed by atoms with E-state index in [2.05, 4.69) is 20.5 Å². The fraction of sp³-hybridized carbons (Fsp3) is 0.125. The van der Waals surface area contributed by atoms with Gasteiger partial charge in [0, 0.05) is 23.6 Å². The summed E-state index contributed by atoms with van der Waals surface area (Å²) in [5.74, 6) is 6.57. The second-order valence-electron chi connectivity index (χ2n) is 5.12. The molecule has 0 aliphatic rings. The van der Waals surface area contributed by atoms with Gasteiger partial charge in [-0.05, 0) is 31.2 Å². The molecule has 1 aromatic carbocycles. The van der Waals surface area contributed by atoms with Gasteiger partial charge in [0.1, 0.15) is 0 Å². The average molecular weight is 340 g/mol. The number of carbonyl (C=O) groups is 1. The number of thioether (sulfide) groups is 1. The number of anilines is 1. The van der Waals surface area contributed by atoms with Crippen LogP contribution in [0.4, 0.5) is 5.69 Å². The average Bonchev–Trinajstić information content (AvgIpc) is 2.97. The van der Waals surface area contributed by atoms with Crippen LogP contribution in [0.1, 0.15) is 5.56 Å². The fourth-order valence-corrected chi connectivity index (χ4v) is 2.69. The van der Waals surface area contributed by atoms with Crippen molar-refractivity contribution in [2.24, 2.45) is 0 Å². The number of benzene rings is 1. The molecule has 2 aromatic heterocycles. The van der Waals surface area contributed by atoms with Crippen molar-refractivity contribution >= 4 is 23.4 Å². The quantitative estimate of drug-likeness (QED) is 0.545. The van der Waals surface area contributed by atoms with Gasteiger partial charge in [0.05, 0.1) is 5.75 Å². The van der Waals surface area contributed by atoms with Gasteiger partial charge in [-0.2, -0.15) is 0 Å². The van der Waals surface area contributed by atoms with Crippen LogP contribution >= 0.6 is 11.8 Å². The molecule has 3 N–H and O–H groups in total. The molecule has 3 aromatic rings. The maximum atomic E-state index is 12.0. The number of amides is 1. The van der Waals surface area contributed by atoms with Gasteiger partial charge < -0.3 is 11.2 Å². The van der Waals surface area contributed by atoms with Crippen molar-refractivity contribution in [3.63, 3.8) is 0 Å². The topological polar surface area (TPSA) is 98.7 Å². The third-order valence-corrected chi connectivity index (χ3v) is 4.20. The zero-order chi connectivity index (χ0) is 16.9. The fourth-order valence-electron chi connectivity index (χ4n) is 2.03. The highest BCUT2D eigenvalue weighted by Gasteiger charge is 2.13. The predicted molar refractivity (Wildman–Crippen MR) is 93.9 cm³/mol. The van der Waals surface area contributed by atoms with Crippen molar-refractivity contribution < 1.29 is 4.79 Å². The van der Waals surface area contributed by atoms with Crippen LogP contribution in [0.5, 0.6) is 0 Å². The SMILES string of the molecule is Cc1ccc(NC(=O)CSc2nnc(-c3cccnc3)n2N)cc1. The first-order chi connectivity index (χ1) is 11.6. The molecule has 0 saturated heterocycles. The summed E-state index contributed by atoms with van der Waals surface area (Å²) < 4.78 is 1.36. The molecule has 0 fully saturated rings. The first kappa shape index (κ1) is 16.0. The largest absolute Gasteiger partial charge is 0.335 e. The number of pyridine rings is 1. The van der Waals surface area contributed by atoms with E-state index in [0.29, 0.717) is 11.0 Å². The molecular weight excluding hydrogens is 324 g/mol. The van der Waals surface area contributed by atoms with E-state index in [1.54, 1.807) is 18.5 Å². The van der Waals surface area contributed by atoms with E-state index in [1.807, 2.05) is 37.3 Å². The first-order valence-corrected chi connectivity index (χ1v) is 8.22. The lowest BCUT2D eigenvalue weighted by molar-refractivity contribution is -0.113. The number of nitrogen functional groups attached to an aromatic ring is 1. The molecule has 3 rings (SSSR count). The number of nitrogens with one attached hydrogen (secondary N) is 1. The highest BCUT2D eigenvalue weighted by Crippen LogP contribution is 2.21. The van der Waals surface area contributed by atoms with Crippen LogP contribution in [-0.4, -0.2) is 31.5 Å². The summed E-state index contributed by atoms with van der Waals surface area (Å²) in [7, 11) is 0. The van der Waals surface area contributed by atoms with Crippen molar-refractivity contribution in [2.45, 2.75) is 12.1 Å². The van der Waals surface area contributed by atoms with Crippen LogP contribution in [-0.2, 0) is 4.79 Å². The minimum atomic E-state index is -0.130.